The molecule has 7 heteroatoms. The number of aromatic nitrogens is 3. The molecule has 0 amide bonds. The molecule has 2 aromatic heterocycles. The molecule has 7 nitrogen and oxygen atoms in total. The number of fused-ring (bicyclic) bond motifs is 1. The first-order valence-electron chi connectivity index (χ1n) is 10.6. The minimum atomic E-state index is 0.135. The highest BCUT2D eigenvalue weighted by Crippen LogP contribution is 2.18. The largest absolute Gasteiger partial charge is 0.493 e. The van der Waals surface area contributed by atoms with Crippen LogP contribution in [0.25, 0.3) is 5.65 Å². The Labute approximate surface area is 178 Å². The summed E-state index contributed by atoms with van der Waals surface area (Å²) in [6, 6.07) is 14.3. The van der Waals surface area contributed by atoms with Crippen molar-refractivity contribution >= 4 is 11.6 Å². The Morgan fingerprint density at radius 1 is 1.10 bits per heavy atom. The van der Waals surface area contributed by atoms with E-state index >= 15 is 0 Å². The van der Waals surface area contributed by atoms with Gasteiger partial charge in [0, 0.05) is 26.2 Å². The molecule has 0 spiro atoms. The van der Waals surface area contributed by atoms with Crippen molar-refractivity contribution in [1.82, 2.24) is 25.2 Å². The van der Waals surface area contributed by atoms with Crippen molar-refractivity contribution < 1.29 is 4.74 Å². The van der Waals surface area contributed by atoms with Crippen molar-refractivity contribution in [3.63, 3.8) is 0 Å². The number of benzene rings is 1. The highest BCUT2D eigenvalue weighted by molar-refractivity contribution is 5.80. The Kier molecular flexibility index (Phi) is 7.65. The van der Waals surface area contributed by atoms with Crippen LogP contribution in [0.15, 0.2) is 53.7 Å². The van der Waals surface area contributed by atoms with Crippen LogP contribution in [0.5, 0.6) is 5.75 Å². The average Bonchev–Trinajstić information content (AvgIpc) is 3.17. The van der Waals surface area contributed by atoms with Crippen LogP contribution in [0.1, 0.15) is 44.6 Å². The summed E-state index contributed by atoms with van der Waals surface area (Å²) in [5.41, 5.74) is 2.07. The first-order chi connectivity index (χ1) is 14.6. The number of guanidine groups is 1. The molecule has 0 bridgehead atoms. The lowest BCUT2D eigenvalue weighted by Gasteiger charge is -2.19. The maximum absolute atomic E-state index is 5.76. The van der Waals surface area contributed by atoms with Crippen LogP contribution < -0.4 is 15.4 Å². The smallest absolute Gasteiger partial charge is 0.191 e. The zero-order valence-corrected chi connectivity index (χ0v) is 18.3. The number of hydrogen-bond acceptors (Lipinski definition) is 4. The molecule has 0 aliphatic rings. The van der Waals surface area contributed by atoms with E-state index in [-0.39, 0.29) is 6.04 Å². The first-order valence-corrected chi connectivity index (χ1v) is 10.6. The number of hydrogen-bond donors (Lipinski definition) is 2. The van der Waals surface area contributed by atoms with Gasteiger partial charge in [0.25, 0.3) is 0 Å². The van der Waals surface area contributed by atoms with Gasteiger partial charge in [-0.2, -0.15) is 0 Å². The van der Waals surface area contributed by atoms with Gasteiger partial charge in [-0.15, -0.1) is 10.2 Å². The zero-order valence-electron chi connectivity index (χ0n) is 18.3. The van der Waals surface area contributed by atoms with E-state index in [4.69, 9.17) is 4.74 Å². The highest BCUT2D eigenvalue weighted by Gasteiger charge is 2.09. The van der Waals surface area contributed by atoms with E-state index in [0.29, 0.717) is 5.92 Å². The monoisotopic (exact) mass is 408 g/mol. The lowest BCUT2D eigenvalue weighted by Crippen LogP contribution is -2.39. The maximum atomic E-state index is 5.76. The van der Waals surface area contributed by atoms with E-state index in [2.05, 4.69) is 58.7 Å². The van der Waals surface area contributed by atoms with Crippen molar-refractivity contribution in [3.05, 3.63) is 60.0 Å². The molecule has 0 saturated heterocycles. The summed E-state index contributed by atoms with van der Waals surface area (Å²) < 4.78 is 7.79. The lowest BCUT2D eigenvalue weighted by atomic mass is 10.1. The summed E-state index contributed by atoms with van der Waals surface area (Å²) in [4.78, 5) is 4.34. The molecule has 2 heterocycles. The summed E-state index contributed by atoms with van der Waals surface area (Å²) in [6.07, 6.45) is 3.79. The maximum Gasteiger partial charge on any atom is 0.191 e. The second-order valence-electron chi connectivity index (χ2n) is 7.79. The third-order valence-electron chi connectivity index (χ3n) is 4.79. The standard InChI is InChI=1S/C23H32N6O/c1-17(2)16-30-20-12-10-19(11-13-20)18(3)26-23(24-4)25-14-7-9-22-28-27-21-8-5-6-15-29(21)22/h5-6,8,10-13,15,17-18H,7,9,14,16H2,1-4H3,(H2,24,25,26). The number of nitrogens with one attached hydrogen (secondary N) is 2. The molecule has 1 aromatic carbocycles. The molecular formula is C23H32N6O. The van der Waals surface area contributed by atoms with Gasteiger partial charge < -0.3 is 15.4 Å². The van der Waals surface area contributed by atoms with Crippen molar-refractivity contribution in [2.24, 2.45) is 10.9 Å². The van der Waals surface area contributed by atoms with Gasteiger partial charge in [0.1, 0.15) is 11.6 Å². The van der Waals surface area contributed by atoms with Gasteiger partial charge in [-0.25, -0.2) is 0 Å². The molecule has 1 atom stereocenters. The van der Waals surface area contributed by atoms with Crippen LogP contribution in [0.4, 0.5) is 0 Å². The van der Waals surface area contributed by atoms with Gasteiger partial charge in [0.2, 0.25) is 0 Å². The molecule has 0 fully saturated rings. The molecule has 0 radical (unpaired) electrons. The fourth-order valence-electron chi connectivity index (χ4n) is 3.11. The molecule has 2 N–H and O–H groups in total. The van der Waals surface area contributed by atoms with Crippen molar-refractivity contribution in [2.75, 3.05) is 20.2 Å². The van der Waals surface area contributed by atoms with E-state index in [9.17, 15) is 0 Å². The highest BCUT2D eigenvalue weighted by atomic mass is 16.5. The van der Waals surface area contributed by atoms with Crippen LogP contribution in [0, 0.1) is 5.92 Å². The molecule has 1 unspecified atom stereocenters. The predicted molar refractivity (Wildman–Crippen MR) is 121 cm³/mol. The van der Waals surface area contributed by atoms with Crippen LogP contribution in [-0.2, 0) is 6.42 Å². The molecule has 3 rings (SSSR count). The lowest BCUT2D eigenvalue weighted by molar-refractivity contribution is 0.271. The summed E-state index contributed by atoms with van der Waals surface area (Å²) in [5.74, 6) is 3.18. The molecule has 160 valence electrons. The molecule has 0 aliphatic heterocycles. The topological polar surface area (TPSA) is 75.8 Å². The summed E-state index contributed by atoms with van der Waals surface area (Å²) in [5, 5.41) is 15.3. The minimum absolute atomic E-state index is 0.135. The second kappa shape index (κ2) is 10.6. The molecule has 3 aromatic rings. The number of pyridine rings is 1. The number of aryl methyl sites for hydroxylation is 1. The fourth-order valence-corrected chi connectivity index (χ4v) is 3.11. The number of rotatable bonds is 9. The Hall–Kier alpha value is -3.09. The van der Waals surface area contributed by atoms with E-state index in [1.165, 1.54) is 5.56 Å². The molecule has 0 saturated carbocycles. The van der Waals surface area contributed by atoms with E-state index < -0.39 is 0 Å². The van der Waals surface area contributed by atoms with Gasteiger partial charge >= 0.3 is 0 Å². The Bertz CT molecular complexity index is 948. The van der Waals surface area contributed by atoms with Crippen LogP contribution in [-0.4, -0.2) is 40.8 Å². The van der Waals surface area contributed by atoms with E-state index in [1.807, 2.05) is 40.9 Å². The Balaban J connectivity index is 1.44. The zero-order chi connectivity index (χ0) is 21.3. The van der Waals surface area contributed by atoms with Gasteiger partial charge in [0.05, 0.1) is 12.6 Å². The van der Waals surface area contributed by atoms with E-state index in [1.54, 1.807) is 7.05 Å². The molecule has 0 aliphatic carbocycles. The van der Waals surface area contributed by atoms with Crippen molar-refractivity contribution in [2.45, 2.75) is 39.7 Å². The van der Waals surface area contributed by atoms with Crippen LogP contribution in [0.2, 0.25) is 0 Å². The minimum Gasteiger partial charge on any atom is -0.493 e. The van der Waals surface area contributed by atoms with Crippen LogP contribution in [0.3, 0.4) is 0 Å². The SMILES string of the molecule is CN=C(NCCCc1nnc2ccccn12)NC(C)c1ccc(OCC(C)C)cc1. The van der Waals surface area contributed by atoms with Gasteiger partial charge in [-0.1, -0.05) is 32.0 Å². The van der Waals surface area contributed by atoms with Crippen molar-refractivity contribution in [3.8, 4) is 5.75 Å². The normalized spacial score (nSPS) is 12.9. The predicted octanol–water partition coefficient (Wildman–Crippen LogP) is 3.62. The molecular weight excluding hydrogens is 376 g/mol. The molecule has 30 heavy (non-hydrogen) atoms. The third-order valence-corrected chi connectivity index (χ3v) is 4.79. The third kappa shape index (κ3) is 5.95. The van der Waals surface area contributed by atoms with Crippen LogP contribution >= 0.6 is 0 Å². The Morgan fingerprint density at radius 3 is 2.63 bits per heavy atom. The Morgan fingerprint density at radius 2 is 1.90 bits per heavy atom. The number of ether oxygens (including phenoxy) is 1. The van der Waals surface area contributed by atoms with E-state index in [0.717, 1.165) is 49.2 Å². The fraction of sp³-hybridized carbons (Fsp3) is 0.435. The first kappa shape index (κ1) is 21.6. The average molecular weight is 409 g/mol. The number of nitrogens with zero attached hydrogens (tertiary/aromatic N) is 4. The van der Waals surface area contributed by atoms with Crippen molar-refractivity contribution in [1.29, 1.82) is 0 Å². The van der Waals surface area contributed by atoms with Gasteiger partial charge in [-0.3, -0.25) is 9.39 Å². The van der Waals surface area contributed by atoms with Gasteiger partial charge in [0.15, 0.2) is 11.6 Å². The van der Waals surface area contributed by atoms with Gasteiger partial charge in [-0.05, 0) is 49.1 Å². The summed E-state index contributed by atoms with van der Waals surface area (Å²) >= 11 is 0. The second-order valence-corrected chi connectivity index (χ2v) is 7.79. The summed E-state index contributed by atoms with van der Waals surface area (Å²) in [6.45, 7) is 7.95. The summed E-state index contributed by atoms with van der Waals surface area (Å²) in [7, 11) is 1.79. The number of aliphatic imine (C=N–C) groups is 1. The quantitative estimate of drug-likeness (QED) is 0.321.